The second-order valence-electron chi connectivity index (χ2n) is 3.11. The molecule has 1 aromatic rings. The predicted octanol–water partition coefficient (Wildman–Crippen LogP) is -0.280. The lowest BCUT2D eigenvalue weighted by molar-refractivity contribution is 0.0947. The fourth-order valence-corrected chi connectivity index (χ4v) is 1.06. The molecule has 0 aliphatic heterocycles. The highest BCUT2D eigenvalue weighted by Gasteiger charge is 2.14. The minimum atomic E-state index is -0.0344. The van der Waals surface area contributed by atoms with E-state index >= 15 is 0 Å². The molecule has 0 saturated heterocycles. The molecule has 0 aromatic carbocycles. The van der Waals surface area contributed by atoms with E-state index in [9.17, 15) is 0 Å². The van der Waals surface area contributed by atoms with Crippen LogP contribution in [0.25, 0.3) is 0 Å². The van der Waals surface area contributed by atoms with Crippen molar-refractivity contribution in [2.75, 3.05) is 7.11 Å². The molecule has 74 valence electrons. The molecular weight excluding hydrogens is 168 g/mol. The van der Waals surface area contributed by atoms with E-state index in [4.69, 9.17) is 10.5 Å². The maximum atomic E-state index is 5.88. The van der Waals surface area contributed by atoms with E-state index in [-0.39, 0.29) is 12.1 Å². The Morgan fingerprint density at radius 3 is 2.85 bits per heavy atom. The Kier molecular flexibility index (Phi) is 3.39. The molecule has 5 nitrogen and oxygen atoms in total. The zero-order chi connectivity index (χ0) is 9.84. The van der Waals surface area contributed by atoms with E-state index in [1.807, 2.05) is 14.0 Å². The average molecular weight is 184 g/mol. The van der Waals surface area contributed by atoms with Gasteiger partial charge in [0.05, 0.1) is 6.10 Å². The Morgan fingerprint density at radius 2 is 2.38 bits per heavy atom. The highest BCUT2D eigenvalue weighted by molar-refractivity contribution is 4.89. The Hall–Kier alpha value is -0.940. The number of aryl methyl sites for hydroxylation is 1. The third-order valence-electron chi connectivity index (χ3n) is 2.20. The molecule has 0 amide bonds. The summed E-state index contributed by atoms with van der Waals surface area (Å²) in [5.74, 6) is 0.886. The molecule has 1 aromatic heterocycles. The van der Waals surface area contributed by atoms with Crippen LogP contribution in [0.3, 0.4) is 0 Å². The smallest absolute Gasteiger partial charge is 0.138 e. The first-order chi connectivity index (χ1) is 6.15. The zero-order valence-electron chi connectivity index (χ0n) is 8.27. The normalized spacial score (nSPS) is 15.7. The molecule has 0 aliphatic rings. The summed E-state index contributed by atoms with van der Waals surface area (Å²) in [4.78, 5) is 4.09. The summed E-state index contributed by atoms with van der Waals surface area (Å²) in [5.41, 5.74) is 5.88. The highest BCUT2D eigenvalue weighted by Crippen LogP contribution is 2.01. The van der Waals surface area contributed by atoms with Crippen LogP contribution in [-0.2, 0) is 18.2 Å². The summed E-state index contributed by atoms with van der Waals surface area (Å²) in [5, 5.41) is 3.96. The zero-order valence-corrected chi connectivity index (χ0v) is 8.27. The van der Waals surface area contributed by atoms with Crippen LogP contribution < -0.4 is 5.73 Å². The summed E-state index contributed by atoms with van der Waals surface area (Å²) < 4.78 is 6.84. The molecule has 0 bridgehead atoms. The number of hydrogen-bond donors (Lipinski definition) is 1. The Labute approximate surface area is 77.9 Å². The van der Waals surface area contributed by atoms with Crippen molar-refractivity contribution >= 4 is 0 Å². The average Bonchev–Trinajstić information content (AvgIpc) is 2.50. The van der Waals surface area contributed by atoms with Crippen molar-refractivity contribution in [1.29, 1.82) is 0 Å². The number of hydrogen-bond acceptors (Lipinski definition) is 4. The van der Waals surface area contributed by atoms with Crippen molar-refractivity contribution < 1.29 is 4.74 Å². The van der Waals surface area contributed by atoms with Crippen LogP contribution in [0.15, 0.2) is 6.33 Å². The van der Waals surface area contributed by atoms with Crippen molar-refractivity contribution in [3.05, 3.63) is 12.2 Å². The summed E-state index contributed by atoms with van der Waals surface area (Å²) in [6, 6.07) is -0.0344. The van der Waals surface area contributed by atoms with Crippen LogP contribution in [0, 0.1) is 0 Å². The third-order valence-corrected chi connectivity index (χ3v) is 2.20. The van der Waals surface area contributed by atoms with E-state index in [2.05, 4.69) is 10.1 Å². The Balaban J connectivity index is 2.54. The van der Waals surface area contributed by atoms with Crippen molar-refractivity contribution in [2.24, 2.45) is 12.8 Å². The maximum Gasteiger partial charge on any atom is 0.138 e. The molecular formula is C8H16N4O. The molecule has 5 heteroatoms. The van der Waals surface area contributed by atoms with E-state index in [1.54, 1.807) is 11.8 Å². The van der Waals surface area contributed by atoms with Crippen LogP contribution in [0.4, 0.5) is 0 Å². The lowest BCUT2D eigenvalue weighted by Crippen LogP contribution is -2.36. The van der Waals surface area contributed by atoms with Crippen molar-refractivity contribution in [3.8, 4) is 0 Å². The van der Waals surface area contributed by atoms with Gasteiger partial charge in [0, 0.05) is 26.6 Å². The molecule has 2 unspecified atom stereocenters. The molecule has 0 radical (unpaired) electrons. The largest absolute Gasteiger partial charge is 0.380 e. The molecule has 0 fully saturated rings. The SMILES string of the molecule is COC(C)C(N)Cc1ncnn1C. The summed E-state index contributed by atoms with van der Waals surface area (Å²) in [7, 11) is 3.51. The summed E-state index contributed by atoms with van der Waals surface area (Å²) in [6.45, 7) is 1.95. The van der Waals surface area contributed by atoms with Gasteiger partial charge in [0.1, 0.15) is 12.2 Å². The van der Waals surface area contributed by atoms with Crippen LogP contribution in [0.5, 0.6) is 0 Å². The number of ether oxygens (including phenoxy) is 1. The summed E-state index contributed by atoms with van der Waals surface area (Å²) in [6.07, 6.45) is 2.25. The monoisotopic (exact) mass is 184 g/mol. The minimum Gasteiger partial charge on any atom is -0.380 e. The minimum absolute atomic E-state index is 0.0344. The number of rotatable bonds is 4. The van der Waals surface area contributed by atoms with Gasteiger partial charge < -0.3 is 10.5 Å². The van der Waals surface area contributed by atoms with Crippen molar-refractivity contribution in [1.82, 2.24) is 14.8 Å². The molecule has 13 heavy (non-hydrogen) atoms. The Morgan fingerprint density at radius 1 is 1.69 bits per heavy atom. The lowest BCUT2D eigenvalue weighted by atomic mass is 10.1. The van der Waals surface area contributed by atoms with Crippen molar-refractivity contribution in [3.63, 3.8) is 0 Å². The van der Waals surface area contributed by atoms with E-state index in [0.717, 1.165) is 5.82 Å². The van der Waals surface area contributed by atoms with Gasteiger partial charge in [0.15, 0.2) is 0 Å². The second-order valence-corrected chi connectivity index (χ2v) is 3.11. The van der Waals surface area contributed by atoms with Crippen LogP contribution in [0.2, 0.25) is 0 Å². The topological polar surface area (TPSA) is 66.0 Å². The van der Waals surface area contributed by atoms with Gasteiger partial charge in [-0.3, -0.25) is 4.68 Å². The first-order valence-electron chi connectivity index (χ1n) is 4.26. The first kappa shape index (κ1) is 10.1. The number of methoxy groups -OCH3 is 1. The van der Waals surface area contributed by atoms with Crippen molar-refractivity contribution in [2.45, 2.75) is 25.5 Å². The highest BCUT2D eigenvalue weighted by atomic mass is 16.5. The van der Waals surface area contributed by atoms with Crippen LogP contribution in [0.1, 0.15) is 12.7 Å². The summed E-state index contributed by atoms with van der Waals surface area (Å²) >= 11 is 0. The predicted molar refractivity (Wildman–Crippen MR) is 49.2 cm³/mol. The fourth-order valence-electron chi connectivity index (χ4n) is 1.06. The second kappa shape index (κ2) is 4.34. The van der Waals surface area contributed by atoms with Gasteiger partial charge in [-0.1, -0.05) is 0 Å². The molecule has 1 heterocycles. The van der Waals surface area contributed by atoms with E-state index in [0.29, 0.717) is 6.42 Å². The Bertz CT molecular complexity index is 260. The fraction of sp³-hybridized carbons (Fsp3) is 0.750. The number of nitrogens with zero attached hydrogens (tertiary/aromatic N) is 3. The number of aromatic nitrogens is 3. The van der Waals surface area contributed by atoms with Gasteiger partial charge in [0.25, 0.3) is 0 Å². The number of nitrogens with two attached hydrogens (primary N) is 1. The quantitative estimate of drug-likeness (QED) is 0.699. The van der Waals surface area contributed by atoms with E-state index < -0.39 is 0 Å². The van der Waals surface area contributed by atoms with Crippen LogP contribution >= 0.6 is 0 Å². The van der Waals surface area contributed by atoms with Gasteiger partial charge in [0.2, 0.25) is 0 Å². The van der Waals surface area contributed by atoms with Gasteiger partial charge in [-0.2, -0.15) is 5.10 Å². The van der Waals surface area contributed by atoms with Gasteiger partial charge in [-0.05, 0) is 6.92 Å². The third kappa shape index (κ3) is 2.50. The first-order valence-corrected chi connectivity index (χ1v) is 4.26. The van der Waals surface area contributed by atoms with Gasteiger partial charge in [-0.15, -0.1) is 0 Å². The van der Waals surface area contributed by atoms with E-state index in [1.165, 1.54) is 6.33 Å². The molecule has 2 N–H and O–H groups in total. The molecule has 0 aliphatic carbocycles. The molecule has 0 spiro atoms. The molecule has 1 rings (SSSR count). The standard InChI is InChI=1S/C8H16N4O/c1-6(13-3)7(9)4-8-10-5-11-12(8)2/h5-7H,4,9H2,1-3H3. The van der Waals surface area contributed by atoms with Gasteiger partial charge in [-0.25, -0.2) is 4.98 Å². The lowest BCUT2D eigenvalue weighted by Gasteiger charge is -2.17. The molecule has 0 saturated carbocycles. The van der Waals surface area contributed by atoms with Crippen LogP contribution in [-0.4, -0.2) is 34.0 Å². The molecule has 2 atom stereocenters. The maximum absolute atomic E-state index is 5.88. The van der Waals surface area contributed by atoms with Gasteiger partial charge >= 0.3 is 0 Å².